The number of methoxy groups -OCH3 is 1. The Labute approximate surface area is 187 Å². The molecule has 0 saturated heterocycles. The first-order chi connectivity index (χ1) is 15.4. The van der Waals surface area contributed by atoms with Gasteiger partial charge in [-0.2, -0.15) is 5.10 Å². The number of rotatable bonds is 4. The van der Waals surface area contributed by atoms with E-state index in [-0.39, 0.29) is 29.2 Å². The zero-order chi connectivity index (χ0) is 22.8. The highest BCUT2D eigenvalue weighted by Crippen LogP contribution is 2.34. The van der Waals surface area contributed by atoms with Gasteiger partial charge >= 0.3 is 5.97 Å². The first-order valence-corrected chi connectivity index (χ1v) is 11.3. The molecule has 1 N–H and O–H groups in total. The number of carbonyl (C=O) groups is 3. The summed E-state index contributed by atoms with van der Waals surface area (Å²) >= 11 is 0. The largest absolute Gasteiger partial charge is 0.464 e. The molecule has 1 saturated carbocycles. The second kappa shape index (κ2) is 9.14. The van der Waals surface area contributed by atoms with E-state index in [1.807, 2.05) is 38.1 Å². The van der Waals surface area contributed by atoms with Gasteiger partial charge in [-0.05, 0) is 38.3 Å². The van der Waals surface area contributed by atoms with Crippen molar-refractivity contribution in [2.75, 3.05) is 12.0 Å². The Kier molecular flexibility index (Phi) is 6.30. The lowest BCUT2D eigenvalue weighted by molar-refractivity contribution is -0.124. The topological polar surface area (TPSA) is 93.5 Å². The van der Waals surface area contributed by atoms with Gasteiger partial charge in [-0.25, -0.2) is 4.79 Å². The minimum Gasteiger partial charge on any atom is -0.464 e. The summed E-state index contributed by atoms with van der Waals surface area (Å²) in [5.74, 6) is -1.17. The Morgan fingerprint density at radius 1 is 1.12 bits per heavy atom. The van der Waals surface area contributed by atoms with Crippen LogP contribution in [0.5, 0.6) is 0 Å². The third-order valence-corrected chi connectivity index (χ3v) is 6.53. The van der Waals surface area contributed by atoms with Crippen molar-refractivity contribution >= 4 is 23.5 Å². The molecule has 32 heavy (non-hydrogen) atoms. The number of aryl methyl sites for hydroxylation is 1. The molecule has 0 spiro atoms. The quantitative estimate of drug-likeness (QED) is 0.583. The number of benzene rings is 1. The summed E-state index contributed by atoms with van der Waals surface area (Å²) in [4.78, 5) is 40.9. The van der Waals surface area contributed by atoms with Gasteiger partial charge in [-0.15, -0.1) is 0 Å². The SMILES string of the molecule is COC(=O)c1cc2n(n1)C(C)C(C(=O)NC1CCCCCC1)N(c1ccccc1C)C2=O. The highest BCUT2D eigenvalue weighted by Gasteiger charge is 2.45. The van der Waals surface area contributed by atoms with E-state index in [1.54, 1.807) is 4.90 Å². The van der Waals surface area contributed by atoms with Crippen molar-refractivity contribution < 1.29 is 19.1 Å². The normalized spacial score (nSPS) is 21.6. The number of carbonyl (C=O) groups excluding carboxylic acids is 3. The van der Waals surface area contributed by atoms with Gasteiger partial charge in [-0.1, -0.05) is 43.9 Å². The van der Waals surface area contributed by atoms with E-state index >= 15 is 0 Å². The highest BCUT2D eigenvalue weighted by atomic mass is 16.5. The van der Waals surface area contributed by atoms with Crippen molar-refractivity contribution in [3.05, 3.63) is 47.3 Å². The monoisotopic (exact) mass is 438 g/mol. The molecule has 1 aromatic heterocycles. The molecule has 1 aliphatic heterocycles. The van der Waals surface area contributed by atoms with E-state index in [0.717, 1.165) is 31.2 Å². The fraction of sp³-hybridized carbons (Fsp3) is 0.500. The van der Waals surface area contributed by atoms with Gasteiger partial charge < -0.3 is 10.1 Å². The molecule has 2 aromatic rings. The van der Waals surface area contributed by atoms with Crippen LogP contribution in [0.15, 0.2) is 30.3 Å². The first-order valence-electron chi connectivity index (χ1n) is 11.3. The Morgan fingerprint density at radius 2 is 1.81 bits per heavy atom. The Morgan fingerprint density at radius 3 is 2.47 bits per heavy atom. The zero-order valence-corrected chi connectivity index (χ0v) is 18.8. The standard InChI is InChI=1S/C24H30N4O4/c1-15-10-8-9-13-19(15)27-21(22(29)25-17-11-6-4-5-7-12-17)16(2)28-20(23(27)30)14-18(26-28)24(31)32-3/h8-10,13-14,16-17,21H,4-7,11-12H2,1-3H3,(H,25,29). The molecule has 0 bridgehead atoms. The van der Waals surface area contributed by atoms with Crippen LogP contribution >= 0.6 is 0 Å². The maximum Gasteiger partial charge on any atom is 0.358 e. The highest BCUT2D eigenvalue weighted by molar-refractivity contribution is 6.11. The molecule has 2 amide bonds. The number of hydrogen-bond donors (Lipinski definition) is 1. The smallest absolute Gasteiger partial charge is 0.358 e. The zero-order valence-electron chi connectivity index (χ0n) is 18.8. The summed E-state index contributed by atoms with van der Waals surface area (Å²) < 4.78 is 6.27. The van der Waals surface area contributed by atoms with Crippen LogP contribution in [0.25, 0.3) is 0 Å². The Hall–Kier alpha value is -3.16. The molecule has 1 aromatic carbocycles. The first kappa shape index (κ1) is 22.0. The number of aromatic nitrogens is 2. The van der Waals surface area contributed by atoms with Crippen LogP contribution in [0.2, 0.25) is 0 Å². The van der Waals surface area contributed by atoms with E-state index in [1.165, 1.54) is 30.7 Å². The van der Waals surface area contributed by atoms with E-state index in [2.05, 4.69) is 10.4 Å². The van der Waals surface area contributed by atoms with Crippen LogP contribution in [0, 0.1) is 6.92 Å². The van der Waals surface area contributed by atoms with Gasteiger partial charge in [0.05, 0.1) is 13.2 Å². The molecule has 2 aliphatic rings. The molecule has 1 fully saturated rings. The Bertz CT molecular complexity index is 1020. The van der Waals surface area contributed by atoms with Gasteiger partial charge in [0.2, 0.25) is 5.91 Å². The van der Waals surface area contributed by atoms with Gasteiger partial charge in [0.15, 0.2) is 5.69 Å². The molecule has 8 nitrogen and oxygen atoms in total. The lowest BCUT2D eigenvalue weighted by Crippen LogP contribution is -2.58. The number of nitrogens with zero attached hydrogens (tertiary/aromatic N) is 3. The molecular weight excluding hydrogens is 408 g/mol. The fourth-order valence-electron chi connectivity index (χ4n) is 4.81. The predicted octanol–water partition coefficient (Wildman–Crippen LogP) is 3.41. The minimum absolute atomic E-state index is 0.0530. The van der Waals surface area contributed by atoms with Crippen molar-refractivity contribution in [3.63, 3.8) is 0 Å². The van der Waals surface area contributed by atoms with Crippen LogP contribution < -0.4 is 10.2 Å². The van der Waals surface area contributed by atoms with Crippen LogP contribution in [0.3, 0.4) is 0 Å². The van der Waals surface area contributed by atoms with E-state index in [0.29, 0.717) is 5.69 Å². The van der Waals surface area contributed by atoms with Crippen molar-refractivity contribution in [1.29, 1.82) is 0 Å². The number of para-hydroxylation sites is 1. The number of fused-ring (bicyclic) bond motifs is 1. The van der Waals surface area contributed by atoms with E-state index in [4.69, 9.17) is 4.74 Å². The van der Waals surface area contributed by atoms with Gasteiger partial charge in [0.25, 0.3) is 5.91 Å². The molecule has 0 radical (unpaired) electrons. The molecule has 170 valence electrons. The van der Waals surface area contributed by atoms with Gasteiger partial charge in [0, 0.05) is 17.8 Å². The van der Waals surface area contributed by atoms with Crippen molar-refractivity contribution in [2.45, 2.75) is 70.5 Å². The number of hydrogen-bond acceptors (Lipinski definition) is 5. The summed E-state index contributed by atoms with van der Waals surface area (Å²) in [5.41, 5.74) is 1.89. The molecule has 2 unspecified atom stereocenters. The van der Waals surface area contributed by atoms with Crippen molar-refractivity contribution in [1.82, 2.24) is 15.1 Å². The van der Waals surface area contributed by atoms with Crippen LogP contribution in [-0.2, 0) is 9.53 Å². The van der Waals surface area contributed by atoms with Crippen LogP contribution in [0.1, 0.15) is 78.0 Å². The number of esters is 1. The summed E-state index contributed by atoms with van der Waals surface area (Å²) in [6, 6.07) is 7.81. The molecule has 2 heterocycles. The summed E-state index contributed by atoms with van der Waals surface area (Å²) in [7, 11) is 1.27. The lowest BCUT2D eigenvalue weighted by atomic mass is 9.99. The maximum atomic E-state index is 13.6. The summed E-state index contributed by atoms with van der Waals surface area (Å²) in [5, 5.41) is 7.52. The third kappa shape index (κ3) is 4.01. The Balaban J connectivity index is 1.75. The molecule has 1 aliphatic carbocycles. The number of nitrogens with one attached hydrogen (secondary N) is 1. The fourth-order valence-corrected chi connectivity index (χ4v) is 4.81. The van der Waals surface area contributed by atoms with Gasteiger partial charge in [-0.3, -0.25) is 19.2 Å². The van der Waals surface area contributed by atoms with Crippen LogP contribution in [-0.4, -0.2) is 46.8 Å². The van der Waals surface area contributed by atoms with E-state index < -0.39 is 18.1 Å². The van der Waals surface area contributed by atoms with Crippen molar-refractivity contribution in [3.8, 4) is 0 Å². The molecule has 8 heteroatoms. The average Bonchev–Trinajstić information content (AvgIpc) is 3.09. The van der Waals surface area contributed by atoms with E-state index in [9.17, 15) is 14.4 Å². The summed E-state index contributed by atoms with van der Waals surface area (Å²) in [6.07, 6.45) is 6.46. The predicted molar refractivity (Wildman–Crippen MR) is 120 cm³/mol. The molecule has 2 atom stereocenters. The maximum absolute atomic E-state index is 13.6. The lowest BCUT2D eigenvalue weighted by Gasteiger charge is -2.40. The average molecular weight is 439 g/mol. The number of ether oxygens (including phenoxy) is 1. The van der Waals surface area contributed by atoms with Crippen molar-refractivity contribution in [2.24, 2.45) is 0 Å². The minimum atomic E-state index is -0.787. The van der Waals surface area contributed by atoms with Crippen LogP contribution in [0.4, 0.5) is 5.69 Å². The molecular formula is C24H30N4O4. The summed E-state index contributed by atoms with van der Waals surface area (Å²) in [6.45, 7) is 3.77. The number of anilines is 1. The second-order valence-corrected chi connectivity index (χ2v) is 8.70. The van der Waals surface area contributed by atoms with Gasteiger partial charge in [0.1, 0.15) is 11.7 Å². The second-order valence-electron chi connectivity index (χ2n) is 8.70. The third-order valence-electron chi connectivity index (χ3n) is 6.53. The molecule has 4 rings (SSSR count). The number of amides is 2.